The van der Waals surface area contributed by atoms with Gasteiger partial charge in [-0.15, -0.1) is 0 Å². The minimum Gasteiger partial charge on any atom is -0.493 e. The molecule has 1 fully saturated rings. The fraction of sp³-hybridized carbons (Fsp3) is 0.588. The van der Waals surface area contributed by atoms with Crippen molar-refractivity contribution in [2.24, 2.45) is 11.7 Å². The van der Waals surface area contributed by atoms with Crippen LogP contribution in [-0.4, -0.2) is 38.4 Å². The number of carbonyl (C=O) groups excluding carboxylic acids is 1. The first-order valence-electron chi connectivity index (χ1n) is 8.17. The molecule has 140 valence electrons. The number of aryl methyl sites for hydroxylation is 1. The summed E-state index contributed by atoms with van der Waals surface area (Å²) >= 11 is 0. The fourth-order valence-electron chi connectivity index (χ4n) is 2.42. The molecule has 0 spiro atoms. The van der Waals surface area contributed by atoms with Crippen LogP contribution in [0.4, 0.5) is 13.2 Å². The van der Waals surface area contributed by atoms with Crippen molar-refractivity contribution in [3.63, 3.8) is 0 Å². The quantitative estimate of drug-likeness (QED) is 0.709. The lowest BCUT2D eigenvalue weighted by atomic mass is 10.1. The van der Waals surface area contributed by atoms with Gasteiger partial charge in [-0.25, -0.2) is 0 Å². The Bertz CT molecular complexity index is 589. The number of ether oxygens (including phenoxy) is 2. The van der Waals surface area contributed by atoms with Gasteiger partial charge in [0, 0.05) is 19.0 Å². The number of hydrogen-bond donors (Lipinski definition) is 2. The highest BCUT2D eigenvalue weighted by atomic mass is 19.4. The lowest BCUT2D eigenvalue weighted by Crippen LogP contribution is -2.38. The maximum Gasteiger partial charge on any atom is 0.422 e. The minimum absolute atomic E-state index is 0.00843. The summed E-state index contributed by atoms with van der Waals surface area (Å²) in [4.78, 5) is 11.9. The number of hydrogen-bond acceptors (Lipinski definition) is 4. The molecule has 5 nitrogen and oxygen atoms in total. The third-order valence-corrected chi connectivity index (χ3v) is 4.02. The number of nitrogens with two attached hydrogens (primary N) is 1. The van der Waals surface area contributed by atoms with Gasteiger partial charge in [0.1, 0.15) is 0 Å². The molecule has 1 aromatic rings. The van der Waals surface area contributed by atoms with E-state index < -0.39 is 12.8 Å². The number of methoxy groups -OCH3 is 1. The van der Waals surface area contributed by atoms with E-state index in [0.717, 1.165) is 18.4 Å². The van der Waals surface area contributed by atoms with Crippen molar-refractivity contribution >= 4 is 5.91 Å². The topological polar surface area (TPSA) is 73.6 Å². The number of nitrogens with one attached hydrogen (secondary N) is 1. The van der Waals surface area contributed by atoms with Crippen molar-refractivity contribution in [3.8, 4) is 11.5 Å². The third-order valence-electron chi connectivity index (χ3n) is 4.02. The van der Waals surface area contributed by atoms with Crippen LogP contribution in [0.25, 0.3) is 0 Å². The number of benzene rings is 1. The SMILES string of the molecule is COc1cc(CCC(=O)NCC(N)C2CC2)ccc1OCC(F)(F)F. The minimum atomic E-state index is -4.41. The van der Waals surface area contributed by atoms with Crippen LogP contribution in [0.2, 0.25) is 0 Å². The average molecular weight is 360 g/mol. The zero-order chi connectivity index (χ0) is 18.4. The van der Waals surface area contributed by atoms with E-state index in [2.05, 4.69) is 5.32 Å². The van der Waals surface area contributed by atoms with Gasteiger partial charge >= 0.3 is 6.18 Å². The Morgan fingerprint density at radius 1 is 1.36 bits per heavy atom. The Kier molecular flexibility index (Phi) is 6.52. The lowest BCUT2D eigenvalue weighted by molar-refractivity contribution is -0.153. The van der Waals surface area contributed by atoms with E-state index in [1.165, 1.54) is 13.2 Å². The number of halogens is 3. The van der Waals surface area contributed by atoms with Gasteiger partial charge in [0.15, 0.2) is 18.1 Å². The highest BCUT2D eigenvalue weighted by Gasteiger charge is 2.29. The molecule has 0 radical (unpaired) electrons. The molecule has 1 aliphatic carbocycles. The molecule has 0 saturated heterocycles. The first kappa shape index (κ1) is 19.4. The Morgan fingerprint density at radius 3 is 2.68 bits per heavy atom. The molecule has 1 unspecified atom stereocenters. The second-order valence-corrected chi connectivity index (χ2v) is 6.19. The van der Waals surface area contributed by atoms with Crippen molar-refractivity contribution < 1.29 is 27.4 Å². The largest absolute Gasteiger partial charge is 0.493 e. The monoisotopic (exact) mass is 360 g/mol. The summed E-state index contributed by atoms with van der Waals surface area (Å²) in [6.45, 7) is -0.913. The molecule has 0 aromatic heterocycles. The normalized spacial score (nSPS) is 15.6. The summed E-state index contributed by atoms with van der Waals surface area (Å²) in [5, 5.41) is 2.81. The second kappa shape index (κ2) is 8.42. The van der Waals surface area contributed by atoms with E-state index in [-0.39, 0.29) is 29.9 Å². The molecule has 1 amide bonds. The van der Waals surface area contributed by atoms with E-state index in [9.17, 15) is 18.0 Å². The number of alkyl halides is 3. The zero-order valence-corrected chi connectivity index (χ0v) is 14.1. The first-order valence-corrected chi connectivity index (χ1v) is 8.17. The molecule has 1 aromatic carbocycles. The summed E-state index contributed by atoms with van der Waals surface area (Å²) < 4.78 is 46.5. The summed E-state index contributed by atoms with van der Waals surface area (Å²) in [5.74, 6) is 0.641. The van der Waals surface area contributed by atoms with E-state index in [1.807, 2.05) is 0 Å². The van der Waals surface area contributed by atoms with Crippen molar-refractivity contribution in [1.29, 1.82) is 0 Å². The Hall–Kier alpha value is -1.96. The maximum atomic E-state index is 12.2. The van der Waals surface area contributed by atoms with Gasteiger partial charge in [-0.05, 0) is 42.9 Å². The highest BCUT2D eigenvalue weighted by Crippen LogP contribution is 2.31. The van der Waals surface area contributed by atoms with Crippen LogP contribution in [-0.2, 0) is 11.2 Å². The summed E-state index contributed by atoms with van der Waals surface area (Å²) in [7, 11) is 1.35. The van der Waals surface area contributed by atoms with E-state index in [1.54, 1.807) is 12.1 Å². The summed E-state index contributed by atoms with van der Waals surface area (Å²) in [6, 6.07) is 4.63. The Balaban J connectivity index is 1.81. The van der Waals surface area contributed by atoms with Crippen LogP contribution < -0.4 is 20.5 Å². The molecule has 0 aliphatic heterocycles. The smallest absolute Gasteiger partial charge is 0.422 e. The second-order valence-electron chi connectivity index (χ2n) is 6.19. The highest BCUT2D eigenvalue weighted by molar-refractivity contribution is 5.76. The summed E-state index contributed by atoms with van der Waals surface area (Å²) in [6.07, 6.45) is -1.45. The van der Waals surface area contributed by atoms with Crippen molar-refractivity contribution in [2.45, 2.75) is 37.9 Å². The molecule has 25 heavy (non-hydrogen) atoms. The molecule has 0 heterocycles. The fourth-order valence-corrected chi connectivity index (χ4v) is 2.42. The van der Waals surface area contributed by atoms with Crippen LogP contribution >= 0.6 is 0 Å². The molecule has 1 atom stereocenters. The third kappa shape index (κ3) is 6.81. The Labute approximate surface area is 144 Å². The van der Waals surface area contributed by atoms with Crippen molar-refractivity contribution in [1.82, 2.24) is 5.32 Å². The lowest BCUT2D eigenvalue weighted by Gasteiger charge is -2.14. The van der Waals surface area contributed by atoms with Gasteiger partial charge in [-0.3, -0.25) is 4.79 Å². The van der Waals surface area contributed by atoms with E-state index in [0.29, 0.717) is 18.9 Å². The van der Waals surface area contributed by atoms with Crippen molar-refractivity contribution in [3.05, 3.63) is 23.8 Å². The molecule has 1 aliphatic rings. The van der Waals surface area contributed by atoms with Crippen LogP contribution in [0.3, 0.4) is 0 Å². The van der Waals surface area contributed by atoms with Crippen molar-refractivity contribution in [2.75, 3.05) is 20.3 Å². The standard InChI is InChI=1S/C17H23F3N2O3/c1-24-15-8-11(2-6-14(15)25-10-17(18,19)20)3-7-16(23)22-9-13(21)12-4-5-12/h2,6,8,12-13H,3-5,7,9-10,21H2,1H3,(H,22,23). The molecular weight excluding hydrogens is 337 g/mol. The molecule has 0 bridgehead atoms. The van der Waals surface area contributed by atoms with Gasteiger partial charge in [0.05, 0.1) is 7.11 Å². The van der Waals surface area contributed by atoms with Crippen LogP contribution in [0.15, 0.2) is 18.2 Å². The van der Waals surface area contributed by atoms with E-state index in [4.69, 9.17) is 15.2 Å². The van der Waals surface area contributed by atoms with E-state index >= 15 is 0 Å². The van der Waals surface area contributed by atoms with Gasteiger partial charge in [0.25, 0.3) is 0 Å². The molecular formula is C17H23F3N2O3. The van der Waals surface area contributed by atoms with Gasteiger partial charge in [-0.2, -0.15) is 13.2 Å². The predicted molar refractivity (Wildman–Crippen MR) is 86.6 cm³/mol. The number of amides is 1. The molecule has 1 saturated carbocycles. The molecule has 2 rings (SSSR count). The maximum absolute atomic E-state index is 12.2. The number of rotatable bonds is 9. The predicted octanol–water partition coefficient (Wildman–Crippen LogP) is 2.42. The average Bonchev–Trinajstić information content (AvgIpc) is 3.40. The van der Waals surface area contributed by atoms with Crippen LogP contribution in [0, 0.1) is 5.92 Å². The zero-order valence-electron chi connectivity index (χ0n) is 14.1. The van der Waals surface area contributed by atoms with Gasteiger partial charge in [0.2, 0.25) is 5.91 Å². The Morgan fingerprint density at radius 2 is 2.08 bits per heavy atom. The van der Waals surface area contributed by atoms with Crippen LogP contribution in [0.1, 0.15) is 24.8 Å². The first-order chi connectivity index (χ1) is 11.8. The van der Waals surface area contributed by atoms with Gasteiger partial charge in [-0.1, -0.05) is 6.07 Å². The molecule has 3 N–H and O–H groups in total. The number of carbonyl (C=O) groups is 1. The molecule has 8 heteroatoms. The van der Waals surface area contributed by atoms with Crippen LogP contribution in [0.5, 0.6) is 11.5 Å². The van der Waals surface area contributed by atoms with Gasteiger partial charge < -0.3 is 20.5 Å². The summed E-state index contributed by atoms with van der Waals surface area (Å²) in [5.41, 5.74) is 6.70.